The van der Waals surface area contributed by atoms with Crippen molar-refractivity contribution >= 4 is 33.2 Å². The van der Waals surface area contributed by atoms with Crippen molar-refractivity contribution in [3.05, 3.63) is 70.3 Å². The van der Waals surface area contributed by atoms with Gasteiger partial charge in [0.05, 0.1) is 30.2 Å². The van der Waals surface area contributed by atoms with Crippen molar-refractivity contribution in [1.82, 2.24) is 14.5 Å². The number of hydrogen-bond acceptors (Lipinski definition) is 10. The predicted molar refractivity (Wildman–Crippen MR) is 218 cm³/mol. The Morgan fingerprint density at radius 3 is 2.42 bits per heavy atom. The van der Waals surface area contributed by atoms with Crippen molar-refractivity contribution in [2.45, 2.75) is 75.9 Å². The fourth-order valence-electron chi connectivity index (χ4n) is 8.91. The highest BCUT2D eigenvalue weighted by molar-refractivity contribution is 7.90. The highest BCUT2D eigenvalue weighted by atomic mass is 35.5. The smallest absolute Gasteiger partial charge is 0.264 e. The number of sulfonamides is 1. The van der Waals surface area contributed by atoms with E-state index in [1.807, 2.05) is 44.4 Å². The fourth-order valence-corrected chi connectivity index (χ4v) is 10.4. The van der Waals surface area contributed by atoms with Crippen LogP contribution in [0.2, 0.25) is 5.02 Å². The van der Waals surface area contributed by atoms with Gasteiger partial charge in [0.1, 0.15) is 18.0 Å². The Balaban J connectivity index is 1.34. The molecule has 1 saturated heterocycles. The number of allylic oxidation sites excluding steroid dienone is 1. The zero-order chi connectivity index (χ0) is 39.2. The number of ether oxygens (including phenoxy) is 4. The normalized spacial score (nSPS) is 28.9. The zero-order valence-electron chi connectivity index (χ0n) is 33.3. The fraction of sp³-hybridized carbons (Fsp3) is 0.643. The Morgan fingerprint density at radius 1 is 0.964 bits per heavy atom. The third kappa shape index (κ3) is 9.88. The summed E-state index contributed by atoms with van der Waals surface area (Å²) in [7, 11) is 1.34. The van der Waals surface area contributed by atoms with E-state index in [2.05, 4.69) is 31.6 Å². The van der Waals surface area contributed by atoms with E-state index in [1.165, 1.54) is 5.56 Å². The predicted octanol–water partition coefficient (Wildman–Crippen LogP) is 5.80. The van der Waals surface area contributed by atoms with Crippen LogP contribution in [-0.4, -0.2) is 121 Å². The van der Waals surface area contributed by atoms with Gasteiger partial charge in [-0.05, 0) is 105 Å². The molecule has 304 valence electrons. The van der Waals surface area contributed by atoms with Gasteiger partial charge in [0.25, 0.3) is 5.91 Å². The average molecular weight is 801 g/mol. The molecule has 1 N–H and O–H groups in total. The first-order chi connectivity index (χ1) is 26.5. The number of carbonyl (C=O) groups is 1. The van der Waals surface area contributed by atoms with Gasteiger partial charge in [-0.1, -0.05) is 36.7 Å². The molecule has 0 radical (unpaired) electrons. The van der Waals surface area contributed by atoms with Gasteiger partial charge in [-0.15, -0.1) is 0 Å². The molecule has 1 amide bonds. The summed E-state index contributed by atoms with van der Waals surface area (Å²) in [5, 5.41) is -0.0831. The van der Waals surface area contributed by atoms with Gasteiger partial charge in [0, 0.05) is 77.7 Å². The van der Waals surface area contributed by atoms with Crippen LogP contribution < -0.4 is 14.4 Å². The minimum absolute atomic E-state index is 0.214. The molecule has 2 fully saturated rings. The molecule has 2 aromatic carbocycles. The lowest BCUT2D eigenvalue weighted by Gasteiger charge is -2.52. The number of amides is 1. The molecular formula is C42H61ClN4O7S. The molecule has 4 aliphatic rings. The van der Waals surface area contributed by atoms with Crippen LogP contribution in [0, 0.1) is 17.8 Å². The Bertz CT molecular complexity index is 1750. The number of hydrogen-bond donors (Lipinski definition) is 1. The van der Waals surface area contributed by atoms with Crippen molar-refractivity contribution < 1.29 is 32.2 Å². The Labute approximate surface area is 333 Å². The Morgan fingerprint density at radius 2 is 1.73 bits per heavy atom. The van der Waals surface area contributed by atoms with E-state index in [4.69, 9.17) is 30.5 Å². The first-order valence-electron chi connectivity index (χ1n) is 20.0. The molecule has 13 heteroatoms. The van der Waals surface area contributed by atoms with Crippen LogP contribution in [0.15, 0.2) is 48.6 Å². The maximum Gasteiger partial charge on any atom is 0.264 e. The quantitative estimate of drug-likeness (QED) is 0.330. The number of benzene rings is 2. The van der Waals surface area contributed by atoms with Crippen molar-refractivity contribution in [3.8, 4) is 5.75 Å². The van der Waals surface area contributed by atoms with Gasteiger partial charge in [-0.3, -0.25) is 14.6 Å². The third-order valence-electron chi connectivity index (χ3n) is 12.7. The summed E-state index contributed by atoms with van der Waals surface area (Å²) in [6.07, 6.45) is 9.78. The topological polar surface area (TPSA) is 110 Å². The second kappa shape index (κ2) is 18.7. The van der Waals surface area contributed by atoms with E-state index in [1.54, 1.807) is 27.2 Å². The molecule has 3 aliphatic heterocycles. The van der Waals surface area contributed by atoms with E-state index in [-0.39, 0.29) is 17.9 Å². The molecule has 5 atom stereocenters. The van der Waals surface area contributed by atoms with Crippen molar-refractivity contribution in [1.29, 1.82) is 0 Å². The number of nitrogens with zero attached hydrogens (tertiary/aromatic N) is 3. The van der Waals surface area contributed by atoms with Crippen LogP contribution in [-0.2, 0) is 37.3 Å². The standard InChI is InChI=1S/C42H61ClN4O7S/c1-30-9-8-17-42(53-5,29-45-19-21-46(22-20-45)37(27-51-3)28-52-4)38-15-12-34(38)25-47-18-7-6-10-32-23-36(43)14-11-35(32)26-54-40-16-13-33(24-39(40)47)41(48)44-55(49,50)31(30)2/h8,11,13-14,16-17,23-24,30-31,34,37-38H,6-7,9-10,12,15,18-22,25-29H2,1-5H3,(H,44,48)/b17-8+/t30-,31+,34-,38+,42+/m0/s1. The van der Waals surface area contributed by atoms with Gasteiger partial charge in [-0.25, -0.2) is 13.1 Å². The lowest BCUT2D eigenvalue weighted by molar-refractivity contribution is -0.0978. The molecule has 0 unspecified atom stereocenters. The molecule has 0 spiro atoms. The molecule has 1 saturated carbocycles. The minimum atomic E-state index is -3.97. The maximum atomic E-state index is 13.6. The van der Waals surface area contributed by atoms with Gasteiger partial charge in [-0.2, -0.15) is 0 Å². The van der Waals surface area contributed by atoms with E-state index in [0.717, 1.165) is 89.2 Å². The summed E-state index contributed by atoms with van der Waals surface area (Å²) in [6, 6.07) is 11.5. The lowest BCUT2D eigenvalue weighted by atomic mass is 9.63. The zero-order valence-corrected chi connectivity index (χ0v) is 34.9. The number of fused-ring (bicyclic) bond motifs is 3. The van der Waals surface area contributed by atoms with Gasteiger partial charge >= 0.3 is 0 Å². The van der Waals surface area contributed by atoms with Crippen LogP contribution in [0.1, 0.15) is 67.4 Å². The van der Waals surface area contributed by atoms with E-state index < -0.39 is 26.8 Å². The molecule has 55 heavy (non-hydrogen) atoms. The molecule has 3 heterocycles. The number of anilines is 1. The number of rotatable bonds is 8. The third-order valence-corrected chi connectivity index (χ3v) is 14.8. The molecule has 2 aromatic rings. The van der Waals surface area contributed by atoms with Gasteiger partial charge < -0.3 is 23.8 Å². The van der Waals surface area contributed by atoms with Crippen molar-refractivity contribution in [2.75, 3.05) is 85.3 Å². The molecular weight excluding hydrogens is 740 g/mol. The lowest BCUT2D eigenvalue weighted by Crippen LogP contribution is -2.60. The van der Waals surface area contributed by atoms with Crippen molar-refractivity contribution in [2.24, 2.45) is 17.8 Å². The molecule has 1 aliphatic carbocycles. The van der Waals surface area contributed by atoms with Gasteiger partial charge in [0.2, 0.25) is 10.0 Å². The first-order valence-corrected chi connectivity index (χ1v) is 21.9. The highest BCUT2D eigenvalue weighted by Gasteiger charge is 2.48. The summed E-state index contributed by atoms with van der Waals surface area (Å²) in [5.41, 5.74) is 2.80. The maximum absolute atomic E-state index is 13.6. The molecule has 6 rings (SSSR count). The Hall–Kier alpha value is -2.71. The number of nitrogens with one attached hydrogen (secondary N) is 1. The SMILES string of the molecule is COCC(COC)N1CCN(C[C@]2(OC)/C=C/C[C@H](C)[C@@H](C)S(=O)(=O)NC(=O)c3ccc4c(c3)N(CCCCc3cc(Cl)ccc3CO4)C[C@@H]3CC[C@H]32)CC1. The summed E-state index contributed by atoms with van der Waals surface area (Å²) in [6.45, 7) is 11.1. The summed E-state index contributed by atoms with van der Waals surface area (Å²) < 4.78 is 53.9. The number of methoxy groups -OCH3 is 3. The second-order valence-electron chi connectivity index (χ2n) is 16.1. The largest absolute Gasteiger partial charge is 0.487 e. The summed E-state index contributed by atoms with van der Waals surface area (Å²) in [5.74, 6) is 0.366. The van der Waals surface area contributed by atoms with Gasteiger partial charge in [0.15, 0.2) is 0 Å². The average Bonchev–Trinajstić information content (AvgIpc) is 3.18. The number of piperazine rings is 1. The molecule has 2 bridgehead atoms. The van der Waals surface area contributed by atoms with E-state index >= 15 is 0 Å². The van der Waals surface area contributed by atoms with Crippen molar-refractivity contribution in [3.63, 3.8) is 0 Å². The van der Waals surface area contributed by atoms with Crippen LogP contribution in [0.4, 0.5) is 5.69 Å². The highest BCUT2D eigenvalue weighted by Crippen LogP contribution is 2.47. The monoisotopic (exact) mass is 800 g/mol. The summed E-state index contributed by atoms with van der Waals surface area (Å²) >= 11 is 6.41. The Kier molecular flexibility index (Phi) is 14.2. The first kappa shape index (κ1) is 41.9. The van der Waals surface area contributed by atoms with Crippen LogP contribution in [0.25, 0.3) is 0 Å². The van der Waals surface area contributed by atoms with Crippen LogP contribution >= 0.6 is 11.6 Å². The second-order valence-corrected chi connectivity index (χ2v) is 18.5. The minimum Gasteiger partial charge on any atom is -0.487 e. The van der Waals surface area contributed by atoms with E-state index in [0.29, 0.717) is 48.5 Å². The molecule has 11 nitrogen and oxygen atoms in total. The van der Waals surface area contributed by atoms with E-state index in [9.17, 15) is 13.2 Å². The number of carbonyl (C=O) groups excluding carboxylic acids is 1. The van der Waals surface area contributed by atoms with Crippen LogP contribution in [0.5, 0.6) is 5.75 Å². The number of aryl methyl sites for hydroxylation is 1. The van der Waals surface area contributed by atoms with Crippen LogP contribution in [0.3, 0.4) is 0 Å². The molecule has 0 aromatic heterocycles. The summed E-state index contributed by atoms with van der Waals surface area (Å²) in [4.78, 5) is 21.0. The number of halogens is 1.